The molecule has 114 valence electrons. The molecule has 0 aliphatic rings. The molecule has 1 aromatic rings. The number of ether oxygens (including phenoxy) is 2. The summed E-state index contributed by atoms with van der Waals surface area (Å²) >= 11 is 0. The van der Waals surface area contributed by atoms with E-state index in [9.17, 15) is 0 Å². The van der Waals surface area contributed by atoms with Crippen molar-refractivity contribution in [2.75, 3.05) is 0 Å². The SMILES string of the molecule is CC(C)OC(C)Cc1ccc(CC(C)OC(C)C)cc1. The van der Waals surface area contributed by atoms with Crippen molar-refractivity contribution in [2.24, 2.45) is 0 Å². The number of rotatable bonds is 8. The zero-order valence-electron chi connectivity index (χ0n) is 13.8. The van der Waals surface area contributed by atoms with Crippen LogP contribution in [0.25, 0.3) is 0 Å². The van der Waals surface area contributed by atoms with E-state index in [-0.39, 0.29) is 12.2 Å². The van der Waals surface area contributed by atoms with Gasteiger partial charge in [-0.2, -0.15) is 0 Å². The average Bonchev–Trinajstić information content (AvgIpc) is 2.29. The Kier molecular flexibility index (Phi) is 7.25. The molecule has 0 amide bonds. The summed E-state index contributed by atoms with van der Waals surface area (Å²) in [6.07, 6.45) is 3.05. The lowest BCUT2D eigenvalue weighted by molar-refractivity contribution is 0.0187. The Hall–Kier alpha value is -0.860. The van der Waals surface area contributed by atoms with E-state index in [2.05, 4.69) is 65.8 Å². The van der Waals surface area contributed by atoms with E-state index < -0.39 is 0 Å². The van der Waals surface area contributed by atoms with E-state index in [0.29, 0.717) is 12.2 Å². The Morgan fingerprint density at radius 3 is 1.20 bits per heavy atom. The Morgan fingerprint density at radius 1 is 0.650 bits per heavy atom. The van der Waals surface area contributed by atoms with Crippen molar-refractivity contribution in [2.45, 2.75) is 78.8 Å². The first-order valence-electron chi connectivity index (χ1n) is 7.75. The summed E-state index contributed by atoms with van der Waals surface area (Å²) in [6.45, 7) is 12.6. The minimum absolute atomic E-state index is 0.268. The fourth-order valence-corrected chi connectivity index (χ4v) is 2.50. The largest absolute Gasteiger partial charge is 0.376 e. The Labute approximate surface area is 124 Å². The van der Waals surface area contributed by atoms with Gasteiger partial charge in [0.1, 0.15) is 0 Å². The molecule has 0 aromatic heterocycles. The van der Waals surface area contributed by atoms with Crippen LogP contribution in [0.4, 0.5) is 0 Å². The second-order valence-electron chi connectivity index (χ2n) is 6.22. The molecule has 0 heterocycles. The van der Waals surface area contributed by atoms with E-state index in [1.807, 2.05) is 0 Å². The maximum Gasteiger partial charge on any atom is 0.0590 e. The second kappa shape index (κ2) is 8.43. The first-order valence-corrected chi connectivity index (χ1v) is 7.75. The summed E-state index contributed by atoms with van der Waals surface area (Å²) in [5, 5.41) is 0. The van der Waals surface area contributed by atoms with Crippen molar-refractivity contribution < 1.29 is 9.47 Å². The van der Waals surface area contributed by atoms with Crippen molar-refractivity contribution in [3.05, 3.63) is 35.4 Å². The van der Waals surface area contributed by atoms with Crippen molar-refractivity contribution >= 4 is 0 Å². The van der Waals surface area contributed by atoms with Crippen LogP contribution in [0.1, 0.15) is 52.7 Å². The van der Waals surface area contributed by atoms with Crippen LogP contribution in [0, 0.1) is 0 Å². The van der Waals surface area contributed by atoms with Gasteiger partial charge in [0.05, 0.1) is 24.4 Å². The highest BCUT2D eigenvalue weighted by Crippen LogP contribution is 2.12. The van der Waals surface area contributed by atoms with Crippen LogP contribution in [-0.2, 0) is 22.3 Å². The Morgan fingerprint density at radius 2 is 0.950 bits per heavy atom. The fraction of sp³-hybridized carbons (Fsp3) is 0.667. The predicted molar refractivity (Wildman–Crippen MR) is 85.2 cm³/mol. The van der Waals surface area contributed by atoms with Gasteiger partial charge in [0.2, 0.25) is 0 Å². The molecule has 1 aromatic carbocycles. The number of benzene rings is 1. The van der Waals surface area contributed by atoms with E-state index in [1.54, 1.807) is 0 Å². The lowest BCUT2D eigenvalue weighted by Gasteiger charge is -2.17. The molecule has 0 N–H and O–H groups in total. The molecule has 0 aliphatic carbocycles. The van der Waals surface area contributed by atoms with E-state index in [0.717, 1.165) is 12.8 Å². The van der Waals surface area contributed by atoms with Gasteiger partial charge in [0.25, 0.3) is 0 Å². The van der Waals surface area contributed by atoms with Gasteiger partial charge in [-0.25, -0.2) is 0 Å². The Balaban J connectivity index is 2.47. The smallest absolute Gasteiger partial charge is 0.0590 e. The Bertz CT molecular complexity index is 331. The normalized spacial score (nSPS) is 14.8. The molecular weight excluding hydrogens is 248 g/mol. The van der Waals surface area contributed by atoms with Gasteiger partial charge >= 0.3 is 0 Å². The van der Waals surface area contributed by atoms with Gasteiger partial charge in [-0.05, 0) is 65.5 Å². The van der Waals surface area contributed by atoms with Gasteiger partial charge in [-0.15, -0.1) is 0 Å². The molecule has 1 rings (SSSR count). The second-order valence-corrected chi connectivity index (χ2v) is 6.22. The molecule has 2 atom stereocenters. The van der Waals surface area contributed by atoms with Crippen molar-refractivity contribution in [1.29, 1.82) is 0 Å². The van der Waals surface area contributed by atoms with Crippen molar-refractivity contribution in [1.82, 2.24) is 0 Å². The monoisotopic (exact) mass is 278 g/mol. The van der Waals surface area contributed by atoms with Crippen molar-refractivity contribution in [3.8, 4) is 0 Å². The molecule has 0 saturated heterocycles. The van der Waals surface area contributed by atoms with E-state index >= 15 is 0 Å². The average molecular weight is 278 g/mol. The molecule has 0 fully saturated rings. The topological polar surface area (TPSA) is 18.5 Å². The molecule has 0 aliphatic heterocycles. The van der Waals surface area contributed by atoms with Gasteiger partial charge in [-0.1, -0.05) is 24.3 Å². The van der Waals surface area contributed by atoms with Crippen LogP contribution in [0.3, 0.4) is 0 Å². The summed E-state index contributed by atoms with van der Waals surface area (Å²) in [7, 11) is 0. The molecule has 2 unspecified atom stereocenters. The predicted octanol–water partition coefficient (Wildman–Crippen LogP) is 4.40. The number of hydrogen-bond acceptors (Lipinski definition) is 2. The standard InChI is InChI=1S/C18H30O2/c1-13(2)19-15(5)11-17-7-9-18(10-8-17)12-16(6)20-14(3)4/h7-10,13-16H,11-12H2,1-6H3. The van der Waals surface area contributed by atoms with Gasteiger partial charge in [0.15, 0.2) is 0 Å². The molecule has 2 heteroatoms. The van der Waals surface area contributed by atoms with Crippen LogP contribution < -0.4 is 0 Å². The van der Waals surface area contributed by atoms with E-state index in [1.165, 1.54) is 11.1 Å². The molecular formula is C18H30O2. The maximum absolute atomic E-state index is 5.77. The molecule has 20 heavy (non-hydrogen) atoms. The van der Waals surface area contributed by atoms with Gasteiger partial charge in [-0.3, -0.25) is 0 Å². The van der Waals surface area contributed by atoms with Crippen LogP contribution in [0.5, 0.6) is 0 Å². The molecule has 0 saturated carbocycles. The fourth-order valence-electron chi connectivity index (χ4n) is 2.50. The first kappa shape index (κ1) is 17.2. The third kappa shape index (κ3) is 7.06. The zero-order valence-corrected chi connectivity index (χ0v) is 13.8. The summed E-state index contributed by atoms with van der Waals surface area (Å²) in [4.78, 5) is 0. The summed E-state index contributed by atoms with van der Waals surface area (Å²) in [5.74, 6) is 0. The lowest BCUT2D eigenvalue weighted by Crippen LogP contribution is -2.17. The summed E-state index contributed by atoms with van der Waals surface area (Å²) in [6, 6.07) is 8.82. The zero-order chi connectivity index (χ0) is 15.1. The summed E-state index contributed by atoms with van der Waals surface area (Å²) < 4.78 is 11.5. The minimum atomic E-state index is 0.268. The quantitative estimate of drug-likeness (QED) is 0.701. The molecule has 0 spiro atoms. The van der Waals surface area contributed by atoms with Crippen LogP contribution in [0.2, 0.25) is 0 Å². The highest BCUT2D eigenvalue weighted by Gasteiger charge is 2.08. The molecule has 0 bridgehead atoms. The molecule has 2 nitrogen and oxygen atoms in total. The highest BCUT2D eigenvalue weighted by atomic mass is 16.5. The van der Waals surface area contributed by atoms with Gasteiger partial charge in [0, 0.05) is 0 Å². The molecule has 0 radical (unpaired) electrons. The number of hydrogen-bond donors (Lipinski definition) is 0. The van der Waals surface area contributed by atoms with Crippen LogP contribution >= 0.6 is 0 Å². The van der Waals surface area contributed by atoms with E-state index in [4.69, 9.17) is 9.47 Å². The minimum Gasteiger partial charge on any atom is -0.376 e. The third-order valence-electron chi connectivity index (χ3n) is 3.08. The lowest BCUT2D eigenvalue weighted by atomic mass is 10.0. The highest BCUT2D eigenvalue weighted by molar-refractivity contribution is 5.23. The van der Waals surface area contributed by atoms with Crippen molar-refractivity contribution in [3.63, 3.8) is 0 Å². The van der Waals surface area contributed by atoms with Gasteiger partial charge < -0.3 is 9.47 Å². The maximum atomic E-state index is 5.77. The van der Waals surface area contributed by atoms with Crippen LogP contribution in [-0.4, -0.2) is 24.4 Å². The first-order chi connectivity index (χ1) is 9.36. The van der Waals surface area contributed by atoms with Crippen LogP contribution in [0.15, 0.2) is 24.3 Å². The third-order valence-corrected chi connectivity index (χ3v) is 3.08. The summed E-state index contributed by atoms with van der Waals surface area (Å²) in [5.41, 5.74) is 2.67.